The lowest BCUT2D eigenvalue weighted by Gasteiger charge is -2.27. The highest BCUT2D eigenvalue weighted by molar-refractivity contribution is 6.30. The topological polar surface area (TPSA) is 35.5 Å². The van der Waals surface area contributed by atoms with E-state index in [2.05, 4.69) is 23.2 Å². The van der Waals surface area contributed by atoms with Gasteiger partial charge in [0.25, 0.3) is 0 Å². The van der Waals surface area contributed by atoms with Gasteiger partial charge in [0.15, 0.2) is 0 Å². The number of nitrogens with one attached hydrogen (secondary N) is 1. The molecule has 0 saturated carbocycles. The van der Waals surface area contributed by atoms with Crippen molar-refractivity contribution < 1.29 is 5.11 Å². The second-order valence-corrected chi connectivity index (χ2v) is 5.33. The Morgan fingerprint density at radius 2 is 2.33 bits per heavy atom. The maximum absolute atomic E-state index is 9.09. The van der Waals surface area contributed by atoms with Crippen LogP contribution in [0, 0.1) is 6.92 Å². The second-order valence-electron chi connectivity index (χ2n) is 4.89. The van der Waals surface area contributed by atoms with Crippen molar-refractivity contribution in [1.29, 1.82) is 0 Å². The fraction of sp³-hybridized carbons (Fsp3) is 0.571. The number of aliphatic hydroxyl groups excluding tert-OH is 1. The zero-order valence-corrected chi connectivity index (χ0v) is 11.6. The first-order valence-corrected chi connectivity index (χ1v) is 6.94. The largest absolute Gasteiger partial charge is 0.396 e. The number of aryl methyl sites for hydroxylation is 1. The molecule has 0 amide bonds. The van der Waals surface area contributed by atoms with Crippen LogP contribution in [0.15, 0.2) is 18.2 Å². The van der Waals surface area contributed by atoms with Gasteiger partial charge >= 0.3 is 0 Å². The van der Waals surface area contributed by atoms with Crippen LogP contribution < -0.4 is 10.2 Å². The van der Waals surface area contributed by atoms with Crippen molar-refractivity contribution in [2.24, 2.45) is 0 Å². The van der Waals surface area contributed by atoms with Crippen molar-refractivity contribution in [2.45, 2.75) is 25.8 Å². The average molecular weight is 269 g/mol. The maximum atomic E-state index is 9.09. The van der Waals surface area contributed by atoms with Gasteiger partial charge in [0.2, 0.25) is 0 Å². The van der Waals surface area contributed by atoms with Crippen molar-refractivity contribution in [2.75, 3.05) is 31.1 Å². The van der Waals surface area contributed by atoms with Crippen molar-refractivity contribution >= 4 is 17.3 Å². The van der Waals surface area contributed by atoms with Crippen LogP contribution in [0.1, 0.15) is 18.4 Å². The van der Waals surface area contributed by atoms with Crippen molar-refractivity contribution in [3.63, 3.8) is 0 Å². The molecule has 0 radical (unpaired) electrons. The monoisotopic (exact) mass is 268 g/mol. The van der Waals surface area contributed by atoms with Crippen LogP contribution >= 0.6 is 11.6 Å². The number of rotatable bonds is 3. The molecule has 1 aliphatic rings. The summed E-state index contributed by atoms with van der Waals surface area (Å²) in [4.78, 5) is 2.38. The van der Waals surface area contributed by atoms with Crippen LogP contribution in [-0.2, 0) is 0 Å². The highest BCUT2D eigenvalue weighted by atomic mass is 35.5. The third kappa shape index (κ3) is 3.37. The lowest BCUT2D eigenvalue weighted by Crippen LogP contribution is -2.38. The number of nitrogens with zero attached hydrogens (tertiary/aromatic N) is 1. The molecule has 3 nitrogen and oxygen atoms in total. The van der Waals surface area contributed by atoms with E-state index in [1.165, 1.54) is 11.3 Å². The summed E-state index contributed by atoms with van der Waals surface area (Å²) in [6, 6.07) is 6.40. The van der Waals surface area contributed by atoms with Crippen LogP contribution in [0.3, 0.4) is 0 Å². The molecule has 1 atom stereocenters. The van der Waals surface area contributed by atoms with Gasteiger partial charge in [-0.3, -0.25) is 0 Å². The Labute approximate surface area is 114 Å². The van der Waals surface area contributed by atoms with E-state index >= 15 is 0 Å². The Balaban J connectivity index is 2.16. The summed E-state index contributed by atoms with van der Waals surface area (Å²) in [5, 5.41) is 13.4. The highest BCUT2D eigenvalue weighted by Crippen LogP contribution is 2.25. The minimum absolute atomic E-state index is 0.236. The number of benzene rings is 1. The molecule has 1 fully saturated rings. The van der Waals surface area contributed by atoms with Crippen LogP contribution in [0.5, 0.6) is 0 Å². The molecule has 0 spiro atoms. The molecule has 1 unspecified atom stereocenters. The fourth-order valence-corrected chi connectivity index (χ4v) is 2.66. The summed E-state index contributed by atoms with van der Waals surface area (Å²) in [7, 11) is 0. The molecular weight excluding hydrogens is 248 g/mol. The van der Waals surface area contributed by atoms with E-state index < -0.39 is 0 Å². The van der Waals surface area contributed by atoms with Crippen molar-refractivity contribution in [3.05, 3.63) is 28.8 Å². The minimum atomic E-state index is 0.236. The maximum Gasteiger partial charge on any atom is 0.0446 e. The lowest BCUT2D eigenvalue weighted by atomic mass is 10.1. The Morgan fingerprint density at radius 1 is 1.50 bits per heavy atom. The quantitative estimate of drug-likeness (QED) is 0.882. The molecule has 18 heavy (non-hydrogen) atoms. The lowest BCUT2D eigenvalue weighted by molar-refractivity contribution is 0.267. The van der Waals surface area contributed by atoms with Crippen LogP contribution in [0.4, 0.5) is 5.69 Å². The molecule has 2 rings (SSSR count). The Morgan fingerprint density at radius 3 is 3.11 bits per heavy atom. The first-order chi connectivity index (χ1) is 8.70. The summed E-state index contributed by atoms with van der Waals surface area (Å²) in [5.41, 5.74) is 2.47. The van der Waals surface area contributed by atoms with Gasteiger partial charge in [-0.25, -0.2) is 0 Å². The minimum Gasteiger partial charge on any atom is -0.396 e. The van der Waals surface area contributed by atoms with Gasteiger partial charge in [0.05, 0.1) is 0 Å². The third-order valence-electron chi connectivity index (χ3n) is 3.47. The standard InChI is InChI=1S/C14H21ClN2O/c1-11-3-4-12(15)9-14(11)17-7-2-6-16-13(10-17)5-8-18/h3-4,9,13,16,18H,2,5-8,10H2,1H3. The molecular formula is C14H21ClN2O. The van der Waals surface area contributed by atoms with Gasteiger partial charge in [-0.2, -0.15) is 0 Å². The smallest absolute Gasteiger partial charge is 0.0446 e. The SMILES string of the molecule is Cc1ccc(Cl)cc1N1CCCNC(CCO)C1. The van der Waals surface area contributed by atoms with E-state index in [0.717, 1.165) is 37.5 Å². The number of halogens is 1. The van der Waals surface area contributed by atoms with E-state index in [4.69, 9.17) is 16.7 Å². The number of aliphatic hydroxyl groups is 1. The van der Waals surface area contributed by atoms with Gasteiger partial charge < -0.3 is 15.3 Å². The molecule has 0 aromatic heterocycles. The Hall–Kier alpha value is -0.770. The predicted molar refractivity (Wildman–Crippen MR) is 76.5 cm³/mol. The summed E-state index contributed by atoms with van der Waals surface area (Å²) in [5.74, 6) is 0. The Bertz CT molecular complexity index is 397. The molecule has 1 aromatic rings. The van der Waals surface area contributed by atoms with Crippen molar-refractivity contribution in [3.8, 4) is 0 Å². The normalized spacial score (nSPS) is 20.8. The van der Waals surface area contributed by atoms with Crippen LogP contribution in [0.2, 0.25) is 5.02 Å². The van der Waals surface area contributed by atoms with E-state index in [-0.39, 0.29) is 6.61 Å². The Kier molecular flexibility index (Phi) is 4.87. The van der Waals surface area contributed by atoms with Gasteiger partial charge in [0.1, 0.15) is 0 Å². The van der Waals surface area contributed by atoms with E-state index in [1.807, 2.05) is 12.1 Å². The molecule has 1 aliphatic heterocycles. The molecule has 1 aromatic carbocycles. The highest BCUT2D eigenvalue weighted by Gasteiger charge is 2.18. The first kappa shape index (κ1) is 13.7. The number of hydrogen-bond acceptors (Lipinski definition) is 3. The molecule has 2 N–H and O–H groups in total. The van der Waals surface area contributed by atoms with Gasteiger partial charge in [-0.15, -0.1) is 0 Å². The zero-order valence-electron chi connectivity index (χ0n) is 10.8. The van der Waals surface area contributed by atoms with E-state index in [1.54, 1.807) is 0 Å². The van der Waals surface area contributed by atoms with Crippen LogP contribution in [0.25, 0.3) is 0 Å². The molecule has 1 saturated heterocycles. The van der Waals surface area contributed by atoms with Crippen LogP contribution in [-0.4, -0.2) is 37.4 Å². The van der Waals surface area contributed by atoms with E-state index in [9.17, 15) is 0 Å². The number of anilines is 1. The molecule has 1 heterocycles. The summed E-state index contributed by atoms with van der Waals surface area (Å²) in [6.07, 6.45) is 1.92. The third-order valence-corrected chi connectivity index (χ3v) is 3.70. The van der Waals surface area contributed by atoms with E-state index in [0.29, 0.717) is 6.04 Å². The summed E-state index contributed by atoms with van der Waals surface area (Å²) in [6.45, 7) is 5.34. The average Bonchev–Trinajstić information content (AvgIpc) is 2.58. The summed E-state index contributed by atoms with van der Waals surface area (Å²) < 4.78 is 0. The first-order valence-electron chi connectivity index (χ1n) is 6.56. The van der Waals surface area contributed by atoms with Gasteiger partial charge in [-0.05, 0) is 44.0 Å². The number of hydrogen-bond donors (Lipinski definition) is 2. The second kappa shape index (κ2) is 6.41. The molecule has 0 bridgehead atoms. The molecule has 0 aliphatic carbocycles. The fourth-order valence-electron chi connectivity index (χ4n) is 2.49. The van der Waals surface area contributed by atoms with Crippen molar-refractivity contribution in [1.82, 2.24) is 5.32 Å². The van der Waals surface area contributed by atoms with Gasteiger partial charge in [-0.1, -0.05) is 17.7 Å². The predicted octanol–water partition coefficient (Wildman–Crippen LogP) is 2.20. The molecule has 4 heteroatoms. The summed E-state index contributed by atoms with van der Waals surface area (Å²) >= 11 is 6.09. The zero-order chi connectivity index (χ0) is 13.0. The molecule has 100 valence electrons. The van der Waals surface area contributed by atoms with Gasteiger partial charge in [0, 0.05) is 36.4 Å².